The molecule has 2 N–H and O–H groups in total. The van der Waals surface area contributed by atoms with Crippen molar-refractivity contribution in [1.29, 1.82) is 0 Å². The number of carboxylic acids is 1. The lowest BCUT2D eigenvalue weighted by molar-refractivity contribution is -0.143. The topological polar surface area (TPSA) is 69.6 Å². The highest BCUT2D eigenvalue weighted by Gasteiger charge is 2.27. The Morgan fingerprint density at radius 2 is 1.90 bits per heavy atom. The van der Waals surface area contributed by atoms with E-state index in [-0.39, 0.29) is 23.2 Å². The number of hydrogen-bond acceptors (Lipinski definition) is 2. The van der Waals surface area contributed by atoms with Gasteiger partial charge in [0.1, 0.15) is 5.82 Å². The molecule has 0 saturated carbocycles. The average molecular weight is 363 g/mol. The molecule has 0 spiro atoms. The number of rotatable bonds is 2. The van der Waals surface area contributed by atoms with E-state index in [2.05, 4.69) is 21.2 Å². The molecule has 114 valence electrons. The number of aliphatic carboxylic acids is 1. The maximum absolute atomic E-state index is 13.8. The molecule has 1 aliphatic heterocycles. The van der Waals surface area contributed by atoms with Gasteiger partial charge in [-0.1, -0.05) is 0 Å². The number of benzene rings is 1. The molecule has 0 aromatic heterocycles. The number of amides is 2. The maximum atomic E-state index is 13.8. The molecule has 0 aliphatic carbocycles. The number of nitrogens with one attached hydrogen (secondary N) is 1. The van der Waals surface area contributed by atoms with Gasteiger partial charge in [-0.3, -0.25) is 4.79 Å². The normalized spacial score (nSPS) is 15.9. The molecule has 0 radical (unpaired) electrons. The van der Waals surface area contributed by atoms with Crippen LogP contribution in [0.2, 0.25) is 0 Å². The number of carboxylic acid groups (broad SMARTS) is 1. The molecule has 1 aromatic carbocycles. The lowest BCUT2D eigenvalue weighted by Gasteiger charge is -2.30. The van der Waals surface area contributed by atoms with Crippen molar-refractivity contribution in [1.82, 2.24) is 4.90 Å². The molecule has 1 saturated heterocycles. The summed E-state index contributed by atoms with van der Waals surface area (Å²) in [7, 11) is 0. The van der Waals surface area contributed by atoms with Crippen LogP contribution in [0.15, 0.2) is 16.6 Å². The predicted octanol–water partition coefficient (Wildman–Crippen LogP) is 3.06. The van der Waals surface area contributed by atoms with Crippen molar-refractivity contribution in [3.63, 3.8) is 0 Å². The first kappa shape index (κ1) is 15.7. The molecule has 2 rings (SSSR count). The van der Waals surface area contributed by atoms with Crippen molar-refractivity contribution in [2.75, 3.05) is 18.4 Å². The monoisotopic (exact) mass is 362 g/mol. The Balaban J connectivity index is 2.01. The molecule has 1 fully saturated rings. The molecule has 1 aromatic rings. The largest absolute Gasteiger partial charge is 0.481 e. The molecule has 8 heteroatoms. The van der Waals surface area contributed by atoms with Crippen LogP contribution in [-0.4, -0.2) is 35.1 Å². The third kappa shape index (κ3) is 3.69. The number of anilines is 1. The van der Waals surface area contributed by atoms with Crippen LogP contribution in [0, 0.1) is 17.6 Å². The van der Waals surface area contributed by atoms with E-state index in [1.54, 1.807) is 0 Å². The summed E-state index contributed by atoms with van der Waals surface area (Å²) in [6.45, 7) is 0.530. The summed E-state index contributed by atoms with van der Waals surface area (Å²) >= 11 is 2.86. The van der Waals surface area contributed by atoms with Crippen LogP contribution in [0.5, 0.6) is 0 Å². The number of hydrogen-bond donors (Lipinski definition) is 2. The Bertz CT molecular complexity index is 575. The Morgan fingerprint density at radius 3 is 2.48 bits per heavy atom. The fourth-order valence-electron chi connectivity index (χ4n) is 2.17. The third-order valence-corrected chi connectivity index (χ3v) is 3.94. The lowest BCUT2D eigenvalue weighted by atomic mass is 9.97. The molecule has 0 bridgehead atoms. The van der Waals surface area contributed by atoms with Gasteiger partial charge in [-0.05, 0) is 34.8 Å². The van der Waals surface area contributed by atoms with Crippen molar-refractivity contribution in [2.45, 2.75) is 12.8 Å². The molecule has 0 unspecified atom stereocenters. The van der Waals surface area contributed by atoms with Crippen LogP contribution in [0.4, 0.5) is 19.3 Å². The van der Waals surface area contributed by atoms with E-state index in [1.807, 2.05) is 0 Å². The van der Waals surface area contributed by atoms with Crippen LogP contribution in [0.3, 0.4) is 0 Å². The predicted molar refractivity (Wildman–Crippen MR) is 75.0 cm³/mol. The number of urea groups is 1. The standard InChI is InChI=1S/C13H13BrF2N2O3/c14-9-5-8(15)6-10(11(9)16)17-13(21)18-3-1-7(2-4-18)12(19)20/h5-7H,1-4H2,(H,17,21)(H,19,20). The first-order chi connectivity index (χ1) is 9.88. The van der Waals surface area contributed by atoms with Crippen LogP contribution >= 0.6 is 15.9 Å². The Hall–Kier alpha value is -1.70. The van der Waals surface area contributed by atoms with Gasteiger partial charge in [0, 0.05) is 19.2 Å². The number of likely N-dealkylation sites (tertiary alicyclic amines) is 1. The number of halogens is 3. The van der Waals surface area contributed by atoms with Gasteiger partial charge in [0.25, 0.3) is 0 Å². The van der Waals surface area contributed by atoms with Crippen LogP contribution in [0.25, 0.3) is 0 Å². The smallest absolute Gasteiger partial charge is 0.321 e. The van der Waals surface area contributed by atoms with Crippen molar-refractivity contribution in [3.05, 3.63) is 28.2 Å². The minimum absolute atomic E-state index is 0.0811. The van der Waals surface area contributed by atoms with Gasteiger partial charge in [-0.2, -0.15) is 0 Å². The first-order valence-electron chi connectivity index (χ1n) is 6.31. The molecule has 1 heterocycles. The third-order valence-electron chi connectivity index (χ3n) is 3.37. The van der Waals surface area contributed by atoms with Gasteiger partial charge < -0.3 is 15.3 Å². The molecule has 5 nitrogen and oxygen atoms in total. The zero-order valence-corrected chi connectivity index (χ0v) is 12.5. The van der Waals surface area contributed by atoms with Crippen molar-refractivity contribution in [2.24, 2.45) is 5.92 Å². The molecule has 1 aliphatic rings. The minimum atomic E-state index is -0.879. The minimum Gasteiger partial charge on any atom is -0.481 e. The summed E-state index contributed by atoms with van der Waals surface area (Å²) in [6, 6.07) is 1.28. The van der Waals surface area contributed by atoms with E-state index in [0.29, 0.717) is 12.8 Å². The van der Waals surface area contributed by atoms with Gasteiger partial charge in [0.15, 0.2) is 5.82 Å². The molecular formula is C13H13BrF2N2O3. The van der Waals surface area contributed by atoms with Crippen LogP contribution in [-0.2, 0) is 4.79 Å². The van der Waals surface area contributed by atoms with Gasteiger partial charge in [0.2, 0.25) is 0 Å². The molecule has 21 heavy (non-hydrogen) atoms. The summed E-state index contributed by atoms with van der Waals surface area (Å²) in [5.41, 5.74) is -0.257. The van der Waals surface area contributed by atoms with Crippen LogP contribution in [0.1, 0.15) is 12.8 Å². The average Bonchev–Trinajstić information content (AvgIpc) is 2.44. The summed E-state index contributed by atoms with van der Waals surface area (Å²) in [4.78, 5) is 24.2. The lowest BCUT2D eigenvalue weighted by Crippen LogP contribution is -2.42. The second-order valence-electron chi connectivity index (χ2n) is 4.78. The summed E-state index contributed by atoms with van der Waals surface area (Å²) < 4.78 is 26.9. The fraction of sp³-hybridized carbons (Fsp3) is 0.385. The van der Waals surface area contributed by atoms with Crippen LogP contribution < -0.4 is 5.32 Å². The number of carbonyl (C=O) groups is 2. The second-order valence-corrected chi connectivity index (χ2v) is 5.63. The number of nitrogens with zero attached hydrogens (tertiary/aromatic N) is 1. The highest BCUT2D eigenvalue weighted by molar-refractivity contribution is 9.10. The first-order valence-corrected chi connectivity index (χ1v) is 7.11. The van der Waals surface area contributed by atoms with E-state index in [0.717, 1.165) is 12.1 Å². The Kier molecular flexibility index (Phi) is 4.76. The van der Waals surface area contributed by atoms with E-state index in [4.69, 9.17) is 5.11 Å². The highest BCUT2D eigenvalue weighted by Crippen LogP contribution is 2.25. The van der Waals surface area contributed by atoms with E-state index in [1.165, 1.54) is 4.90 Å². The van der Waals surface area contributed by atoms with E-state index < -0.39 is 29.6 Å². The maximum Gasteiger partial charge on any atom is 0.321 e. The molecular weight excluding hydrogens is 350 g/mol. The van der Waals surface area contributed by atoms with Crippen molar-refractivity contribution in [3.8, 4) is 0 Å². The van der Waals surface area contributed by atoms with Crippen molar-refractivity contribution >= 4 is 33.6 Å². The highest BCUT2D eigenvalue weighted by atomic mass is 79.9. The zero-order valence-electron chi connectivity index (χ0n) is 10.9. The quantitative estimate of drug-likeness (QED) is 0.794. The summed E-state index contributed by atoms with van der Waals surface area (Å²) in [5, 5.41) is 11.2. The summed E-state index contributed by atoms with van der Waals surface area (Å²) in [5.74, 6) is -2.78. The van der Waals surface area contributed by atoms with Gasteiger partial charge >= 0.3 is 12.0 Å². The SMILES string of the molecule is O=C(O)C1CCN(C(=O)Nc2cc(F)cc(Br)c2F)CC1. The van der Waals surface area contributed by atoms with Crippen molar-refractivity contribution < 1.29 is 23.5 Å². The molecule has 0 atom stereocenters. The Morgan fingerprint density at radius 1 is 1.29 bits per heavy atom. The van der Waals surface area contributed by atoms with E-state index >= 15 is 0 Å². The van der Waals surface area contributed by atoms with Gasteiger partial charge in [-0.25, -0.2) is 13.6 Å². The number of piperidine rings is 1. The second kappa shape index (κ2) is 6.38. The summed E-state index contributed by atoms with van der Waals surface area (Å²) in [6.07, 6.45) is 0.691. The zero-order chi connectivity index (χ0) is 15.6. The van der Waals surface area contributed by atoms with Gasteiger partial charge in [0.05, 0.1) is 16.1 Å². The Labute approximate surface area is 128 Å². The number of carbonyl (C=O) groups excluding carboxylic acids is 1. The fourth-order valence-corrected chi connectivity index (χ4v) is 2.60. The van der Waals surface area contributed by atoms with E-state index in [9.17, 15) is 18.4 Å². The molecule has 2 amide bonds. The van der Waals surface area contributed by atoms with Gasteiger partial charge in [-0.15, -0.1) is 0 Å².